The molecule has 0 bridgehead atoms. The molecule has 156 valence electrons. The molecule has 0 amide bonds. The number of carbonyl (C=O) groups excluding carboxylic acids is 2. The zero-order chi connectivity index (χ0) is 21.3. The van der Waals surface area contributed by atoms with Gasteiger partial charge in [-0.2, -0.15) is 0 Å². The summed E-state index contributed by atoms with van der Waals surface area (Å²) in [6.45, 7) is 12.0. The molecule has 1 aromatic rings. The fraction of sp³-hybridized carbons (Fsp3) is 0.500. The van der Waals surface area contributed by atoms with Crippen LogP contribution < -0.4 is 10.1 Å². The summed E-state index contributed by atoms with van der Waals surface area (Å²) in [6.07, 6.45) is 2.54. The number of fused-ring (bicyclic) bond motifs is 1. The predicted octanol–water partition coefficient (Wildman–Crippen LogP) is 4.50. The Balaban J connectivity index is 2.22. The Morgan fingerprint density at radius 2 is 1.93 bits per heavy atom. The summed E-state index contributed by atoms with van der Waals surface area (Å²) < 4.78 is 11.4. The maximum absolute atomic E-state index is 13.3. The van der Waals surface area contributed by atoms with E-state index in [2.05, 4.69) is 25.2 Å². The smallest absolute Gasteiger partial charge is 0.336 e. The van der Waals surface area contributed by atoms with E-state index in [0.717, 1.165) is 17.0 Å². The molecular formula is C24H31NO4. The largest absolute Gasteiger partial charge is 0.491 e. The Hall–Kier alpha value is -2.56. The number of ketones is 1. The zero-order valence-electron chi connectivity index (χ0n) is 18.2. The highest BCUT2D eigenvalue weighted by Gasteiger charge is 2.47. The van der Waals surface area contributed by atoms with Gasteiger partial charge in [-0.1, -0.05) is 38.1 Å². The van der Waals surface area contributed by atoms with Crippen LogP contribution in [0.25, 0.3) is 0 Å². The first-order chi connectivity index (χ1) is 13.6. The van der Waals surface area contributed by atoms with E-state index in [1.54, 1.807) is 6.92 Å². The Kier molecular flexibility index (Phi) is 5.87. The van der Waals surface area contributed by atoms with Gasteiger partial charge in [0.15, 0.2) is 0 Å². The average Bonchev–Trinajstić information content (AvgIpc) is 2.59. The average molecular weight is 398 g/mol. The first-order valence-electron chi connectivity index (χ1n) is 10.3. The molecule has 2 aliphatic rings. The zero-order valence-corrected chi connectivity index (χ0v) is 18.2. The second-order valence-electron chi connectivity index (χ2n) is 8.78. The Morgan fingerprint density at radius 1 is 1.24 bits per heavy atom. The molecule has 5 nitrogen and oxygen atoms in total. The molecule has 1 N–H and O–H groups in total. The van der Waals surface area contributed by atoms with Gasteiger partial charge in [-0.05, 0) is 39.2 Å². The number of hydrogen-bond acceptors (Lipinski definition) is 5. The van der Waals surface area contributed by atoms with Crippen LogP contribution in [0.4, 0.5) is 0 Å². The Bertz CT molecular complexity index is 879. The minimum Gasteiger partial charge on any atom is -0.491 e. The SMILES string of the molecule is CCOC(=O)C1=C(C)NC2=CC(C)(C)CC(=O)C2C1c1ccccc1OC(C)C. The van der Waals surface area contributed by atoms with Crippen molar-refractivity contribution in [2.75, 3.05) is 6.61 Å². The van der Waals surface area contributed by atoms with Crippen molar-refractivity contribution in [3.63, 3.8) is 0 Å². The van der Waals surface area contributed by atoms with Crippen LogP contribution in [0.2, 0.25) is 0 Å². The van der Waals surface area contributed by atoms with E-state index in [0.29, 0.717) is 17.7 Å². The van der Waals surface area contributed by atoms with Gasteiger partial charge in [-0.3, -0.25) is 4.79 Å². The third-order valence-corrected chi connectivity index (χ3v) is 5.35. The molecule has 2 atom stereocenters. The van der Waals surface area contributed by atoms with Crippen LogP contribution >= 0.6 is 0 Å². The Labute approximate surface area is 173 Å². The van der Waals surface area contributed by atoms with E-state index in [1.165, 1.54) is 0 Å². The molecule has 1 aliphatic carbocycles. The molecule has 0 aromatic heterocycles. The summed E-state index contributed by atoms with van der Waals surface area (Å²) in [7, 11) is 0. The first-order valence-corrected chi connectivity index (χ1v) is 10.3. The first kappa shape index (κ1) is 21.2. The second-order valence-corrected chi connectivity index (χ2v) is 8.78. The van der Waals surface area contributed by atoms with E-state index in [4.69, 9.17) is 9.47 Å². The molecule has 29 heavy (non-hydrogen) atoms. The molecule has 0 saturated carbocycles. The third-order valence-electron chi connectivity index (χ3n) is 5.35. The van der Waals surface area contributed by atoms with Crippen LogP contribution in [0.5, 0.6) is 5.75 Å². The molecular weight excluding hydrogens is 366 g/mol. The highest BCUT2D eigenvalue weighted by Crippen LogP contribution is 2.48. The maximum atomic E-state index is 13.3. The van der Waals surface area contributed by atoms with Gasteiger partial charge in [0, 0.05) is 29.3 Å². The quantitative estimate of drug-likeness (QED) is 0.741. The van der Waals surface area contributed by atoms with Crippen LogP contribution in [-0.4, -0.2) is 24.5 Å². The van der Waals surface area contributed by atoms with E-state index < -0.39 is 17.8 Å². The van der Waals surface area contributed by atoms with Crippen LogP contribution in [-0.2, 0) is 14.3 Å². The lowest BCUT2D eigenvalue weighted by Crippen LogP contribution is -2.43. The van der Waals surface area contributed by atoms with Gasteiger partial charge in [0.2, 0.25) is 0 Å². The molecule has 1 heterocycles. The number of allylic oxidation sites excluding steroid dienone is 3. The lowest BCUT2D eigenvalue weighted by Gasteiger charge is -2.41. The van der Waals surface area contributed by atoms with Crippen molar-refractivity contribution in [2.45, 2.75) is 60.0 Å². The molecule has 1 aromatic carbocycles. The van der Waals surface area contributed by atoms with E-state index >= 15 is 0 Å². The topological polar surface area (TPSA) is 64.6 Å². The van der Waals surface area contributed by atoms with Crippen LogP contribution in [0.3, 0.4) is 0 Å². The summed E-state index contributed by atoms with van der Waals surface area (Å²) in [6, 6.07) is 7.68. The van der Waals surface area contributed by atoms with Gasteiger partial charge in [0.05, 0.1) is 24.2 Å². The number of ether oxygens (including phenoxy) is 2. The number of rotatable bonds is 5. The molecule has 5 heteroatoms. The molecule has 0 fully saturated rings. The second kappa shape index (κ2) is 8.05. The number of benzene rings is 1. The van der Waals surface area contributed by atoms with E-state index in [-0.39, 0.29) is 23.9 Å². The minimum atomic E-state index is -0.456. The monoisotopic (exact) mass is 397 g/mol. The standard InChI is InChI=1S/C24H31NO4/c1-7-28-23(27)20-15(4)25-17-12-24(5,6)13-18(26)22(17)21(20)16-10-8-9-11-19(16)29-14(2)3/h8-12,14,21-22,25H,7,13H2,1-6H3. The predicted molar refractivity (Wildman–Crippen MR) is 112 cm³/mol. The number of nitrogens with one attached hydrogen (secondary N) is 1. The minimum absolute atomic E-state index is 0.0232. The molecule has 1 aliphatic heterocycles. The van der Waals surface area contributed by atoms with E-state index in [1.807, 2.05) is 45.0 Å². The van der Waals surface area contributed by atoms with Crippen molar-refractivity contribution in [2.24, 2.45) is 11.3 Å². The summed E-state index contributed by atoms with van der Waals surface area (Å²) in [4.78, 5) is 26.2. The van der Waals surface area contributed by atoms with Gasteiger partial charge in [-0.15, -0.1) is 0 Å². The van der Waals surface area contributed by atoms with Crippen LogP contribution in [0.1, 0.15) is 59.4 Å². The maximum Gasteiger partial charge on any atom is 0.336 e. The van der Waals surface area contributed by atoms with Gasteiger partial charge >= 0.3 is 5.97 Å². The van der Waals surface area contributed by atoms with Crippen molar-refractivity contribution in [3.8, 4) is 5.75 Å². The lowest BCUT2D eigenvalue weighted by atomic mass is 9.66. The van der Waals surface area contributed by atoms with Crippen molar-refractivity contribution in [1.29, 1.82) is 0 Å². The fourth-order valence-corrected chi connectivity index (χ4v) is 4.38. The van der Waals surface area contributed by atoms with E-state index in [9.17, 15) is 9.59 Å². The number of Topliss-reactive ketones (excluding diaryl/α,β-unsaturated/α-hetero) is 1. The number of para-hydroxylation sites is 1. The summed E-state index contributed by atoms with van der Waals surface area (Å²) in [5.74, 6) is -0.471. The molecule has 2 unspecified atom stereocenters. The lowest BCUT2D eigenvalue weighted by molar-refractivity contribution is -0.139. The van der Waals surface area contributed by atoms with Crippen LogP contribution in [0, 0.1) is 11.3 Å². The summed E-state index contributed by atoms with van der Waals surface area (Å²) in [5.41, 5.74) is 2.70. The van der Waals surface area contributed by atoms with Crippen molar-refractivity contribution in [1.82, 2.24) is 5.32 Å². The Morgan fingerprint density at radius 3 is 2.59 bits per heavy atom. The number of esters is 1. The number of hydrogen-bond donors (Lipinski definition) is 1. The normalized spacial score (nSPS) is 23.3. The van der Waals surface area contributed by atoms with Crippen molar-refractivity contribution in [3.05, 3.63) is 52.9 Å². The van der Waals surface area contributed by atoms with Gasteiger partial charge < -0.3 is 14.8 Å². The molecule has 0 spiro atoms. The fourth-order valence-electron chi connectivity index (χ4n) is 4.38. The van der Waals surface area contributed by atoms with Crippen LogP contribution in [0.15, 0.2) is 47.3 Å². The summed E-state index contributed by atoms with van der Waals surface area (Å²) in [5, 5.41) is 3.33. The highest BCUT2D eigenvalue weighted by molar-refractivity contribution is 5.96. The molecule has 3 rings (SSSR count). The van der Waals surface area contributed by atoms with Gasteiger partial charge in [0.25, 0.3) is 0 Å². The summed E-state index contributed by atoms with van der Waals surface area (Å²) >= 11 is 0. The third kappa shape index (κ3) is 4.24. The van der Waals surface area contributed by atoms with Crippen molar-refractivity contribution < 1.29 is 19.1 Å². The number of carbonyl (C=O) groups is 2. The van der Waals surface area contributed by atoms with Gasteiger partial charge in [0.1, 0.15) is 11.5 Å². The highest BCUT2D eigenvalue weighted by atomic mass is 16.5. The van der Waals surface area contributed by atoms with Crippen molar-refractivity contribution >= 4 is 11.8 Å². The molecule has 0 saturated heterocycles. The van der Waals surface area contributed by atoms with Gasteiger partial charge in [-0.25, -0.2) is 4.79 Å². The molecule has 0 radical (unpaired) electrons.